The van der Waals surface area contributed by atoms with E-state index in [1.54, 1.807) is 7.11 Å². The fourth-order valence-corrected chi connectivity index (χ4v) is 3.93. The van der Waals surface area contributed by atoms with Crippen molar-refractivity contribution < 1.29 is 9.53 Å². The Morgan fingerprint density at radius 3 is 3.07 bits per heavy atom. The van der Waals surface area contributed by atoms with Crippen LogP contribution in [0.4, 0.5) is 0 Å². The number of benzene rings is 1. The second-order valence-electron chi connectivity index (χ2n) is 7.27. The van der Waals surface area contributed by atoms with E-state index < -0.39 is 0 Å². The summed E-state index contributed by atoms with van der Waals surface area (Å²) in [6.07, 6.45) is 5.02. The number of hydrogen-bond donors (Lipinski definition) is 1. The number of para-hydroxylation sites is 1. The average molecular weight is 366 g/mol. The molecule has 2 aliphatic rings. The molecule has 1 aromatic heterocycles. The van der Waals surface area contributed by atoms with Crippen LogP contribution in [0.25, 0.3) is 0 Å². The molecule has 3 heterocycles. The third-order valence-corrected chi connectivity index (χ3v) is 5.53. The van der Waals surface area contributed by atoms with Crippen molar-refractivity contribution in [3.8, 4) is 5.75 Å². The second-order valence-corrected chi connectivity index (χ2v) is 7.27. The molecule has 0 saturated carbocycles. The highest BCUT2D eigenvalue weighted by Gasteiger charge is 2.25. The summed E-state index contributed by atoms with van der Waals surface area (Å²) in [5, 5.41) is 3.37. The van der Waals surface area contributed by atoms with E-state index in [0.29, 0.717) is 25.3 Å². The minimum atomic E-state index is 0.177. The smallest absolute Gasteiger partial charge is 0.223 e. The number of aryl methyl sites for hydroxylation is 1. The van der Waals surface area contributed by atoms with Crippen molar-refractivity contribution in [2.75, 3.05) is 26.7 Å². The van der Waals surface area contributed by atoms with Crippen LogP contribution in [0.3, 0.4) is 0 Å². The van der Waals surface area contributed by atoms with Gasteiger partial charge >= 0.3 is 0 Å². The predicted octanol–water partition coefficient (Wildman–Crippen LogP) is 2.08. The highest BCUT2D eigenvalue weighted by Crippen LogP contribution is 2.24. The normalized spacial score (nSPS) is 19.0. The first-order valence-corrected chi connectivity index (χ1v) is 9.69. The number of ether oxygens (including phenoxy) is 1. The van der Waals surface area contributed by atoms with E-state index in [9.17, 15) is 4.79 Å². The molecule has 1 N–H and O–H groups in total. The Morgan fingerprint density at radius 2 is 2.26 bits per heavy atom. The maximum atomic E-state index is 12.7. The summed E-state index contributed by atoms with van der Waals surface area (Å²) in [4.78, 5) is 24.0. The number of carbonyl (C=O) groups excluding carboxylic acids is 1. The summed E-state index contributed by atoms with van der Waals surface area (Å²) in [5.74, 6) is 2.40. The average Bonchev–Trinajstić information content (AvgIpc) is 3.26. The fourth-order valence-electron chi connectivity index (χ4n) is 3.93. The molecule has 1 atom stereocenters. The van der Waals surface area contributed by atoms with Crippen molar-refractivity contribution >= 4 is 5.91 Å². The Labute approximate surface area is 160 Å². The SMILES string of the molecule is COc1ccccc1CCC(=O)N1CCc2nc([C@H]3CCNC3)ncc2C1. The lowest BCUT2D eigenvalue weighted by atomic mass is 10.0. The zero-order valence-electron chi connectivity index (χ0n) is 15.8. The first kappa shape index (κ1) is 17.9. The first-order chi connectivity index (χ1) is 13.2. The zero-order valence-corrected chi connectivity index (χ0v) is 15.8. The Bertz CT molecular complexity index is 818. The van der Waals surface area contributed by atoms with Gasteiger partial charge in [-0.1, -0.05) is 18.2 Å². The van der Waals surface area contributed by atoms with Crippen LogP contribution in [0.15, 0.2) is 30.5 Å². The van der Waals surface area contributed by atoms with Crippen LogP contribution in [0.5, 0.6) is 5.75 Å². The molecule has 0 spiro atoms. The predicted molar refractivity (Wildman–Crippen MR) is 103 cm³/mol. The molecule has 6 nitrogen and oxygen atoms in total. The minimum absolute atomic E-state index is 0.177. The van der Waals surface area contributed by atoms with Crippen molar-refractivity contribution in [1.82, 2.24) is 20.2 Å². The van der Waals surface area contributed by atoms with Crippen LogP contribution in [0.1, 0.15) is 41.4 Å². The molecule has 1 amide bonds. The summed E-state index contributed by atoms with van der Waals surface area (Å²) in [7, 11) is 1.66. The summed E-state index contributed by atoms with van der Waals surface area (Å²) in [6.45, 7) is 3.35. The van der Waals surface area contributed by atoms with Gasteiger partial charge in [0.05, 0.1) is 12.8 Å². The third-order valence-electron chi connectivity index (χ3n) is 5.53. The van der Waals surface area contributed by atoms with Crippen LogP contribution in [0.2, 0.25) is 0 Å². The lowest BCUT2D eigenvalue weighted by Gasteiger charge is -2.28. The van der Waals surface area contributed by atoms with Gasteiger partial charge in [0.15, 0.2) is 0 Å². The van der Waals surface area contributed by atoms with Crippen LogP contribution in [-0.4, -0.2) is 47.5 Å². The number of amides is 1. The Balaban J connectivity index is 1.38. The topological polar surface area (TPSA) is 67.3 Å². The minimum Gasteiger partial charge on any atom is -0.496 e. The van der Waals surface area contributed by atoms with Crippen molar-refractivity contribution in [3.63, 3.8) is 0 Å². The molecule has 142 valence electrons. The molecule has 0 unspecified atom stereocenters. The molecule has 4 rings (SSSR count). The number of rotatable bonds is 5. The Hall–Kier alpha value is -2.47. The maximum absolute atomic E-state index is 12.7. The molecule has 2 aliphatic heterocycles. The van der Waals surface area contributed by atoms with E-state index >= 15 is 0 Å². The summed E-state index contributed by atoms with van der Waals surface area (Å²) >= 11 is 0. The third kappa shape index (κ3) is 3.95. The highest BCUT2D eigenvalue weighted by molar-refractivity contribution is 5.76. The fraction of sp³-hybridized carbons (Fsp3) is 0.476. The van der Waals surface area contributed by atoms with Crippen molar-refractivity contribution in [2.24, 2.45) is 0 Å². The number of carbonyl (C=O) groups is 1. The standard InChI is InChI=1S/C21H26N4O2/c1-27-19-5-3-2-4-15(19)6-7-20(26)25-11-9-18-17(14-25)13-23-21(24-18)16-8-10-22-12-16/h2-5,13,16,22H,6-12,14H2,1H3/t16-/m0/s1. The van der Waals surface area contributed by atoms with E-state index in [-0.39, 0.29) is 5.91 Å². The Morgan fingerprint density at radius 1 is 1.37 bits per heavy atom. The van der Waals surface area contributed by atoms with E-state index in [1.807, 2.05) is 35.4 Å². The summed E-state index contributed by atoms with van der Waals surface area (Å²) in [5.41, 5.74) is 3.27. The van der Waals surface area contributed by atoms with Gasteiger partial charge in [-0.2, -0.15) is 0 Å². The number of nitrogens with zero attached hydrogens (tertiary/aromatic N) is 3. The zero-order chi connectivity index (χ0) is 18.6. The highest BCUT2D eigenvalue weighted by atomic mass is 16.5. The number of methoxy groups -OCH3 is 1. The first-order valence-electron chi connectivity index (χ1n) is 9.69. The molecule has 27 heavy (non-hydrogen) atoms. The van der Waals surface area contributed by atoms with E-state index in [4.69, 9.17) is 9.72 Å². The summed E-state index contributed by atoms with van der Waals surface area (Å²) in [6, 6.07) is 7.88. The lowest BCUT2D eigenvalue weighted by molar-refractivity contribution is -0.132. The summed E-state index contributed by atoms with van der Waals surface area (Å²) < 4.78 is 5.38. The molecule has 1 aromatic carbocycles. The lowest BCUT2D eigenvalue weighted by Crippen LogP contribution is -2.36. The van der Waals surface area contributed by atoms with E-state index in [1.165, 1.54) is 0 Å². The van der Waals surface area contributed by atoms with Gasteiger partial charge in [-0.15, -0.1) is 0 Å². The number of aromatic nitrogens is 2. The Kier molecular flexibility index (Phi) is 5.34. The monoisotopic (exact) mass is 366 g/mol. The van der Waals surface area contributed by atoms with Gasteiger partial charge in [-0.05, 0) is 31.0 Å². The maximum Gasteiger partial charge on any atom is 0.223 e. The van der Waals surface area contributed by atoms with Crippen LogP contribution < -0.4 is 10.1 Å². The molecule has 2 aromatic rings. The van der Waals surface area contributed by atoms with Gasteiger partial charge in [0.25, 0.3) is 0 Å². The van der Waals surface area contributed by atoms with E-state index in [0.717, 1.165) is 60.9 Å². The number of hydrogen-bond acceptors (Lipinski definition) is 5. The van der Waals surface area contributed by atoms with Crippen LogP contribution in [-0.2, 0) is 24.2 Å². The number of nitrogens with one attached hydrogen (secondary N) is 1. The largest absolute Gasteiger partial charge is 0.496 e. The van der Waals surface area contributed by atoms with Crippen LogP contribution >= 0.6 is 0 Å². The molecule has 0 bridgehead atoms. The molecule has 6 heteroatoms. The molecular weight excluding hydrogens is 340 g/mol. The quantitative estimate of drug-likeness (QED) is 0.878. The van der Waals surface area contributed by atoms with Crippen molar-refractivity contribution in [1.29, 1.82) is 0 Å². The molecule has 0 aliphatic carbocycles. The number of fused-ring (bicyclic) bond motifs is 1. The molecular formula is C21H26N4O2. The van der Waals surface area contributed by atoms with Gasteiger partial charge in [0.1, 0.15) is 11.6 Å². The molecule has 1 fully saturated rings. The van der Waals surface area contributed by atoms with Gasteiger partial charge < -0.3 is 15.0 Å². The van der Waals surface area contributed by atoms with Gasteiger partial charge in [-0.3, -0.25) is 4.79 Å². The van der Waals surface area contributed by atoms with Crippen molar-refractivity contribution in [2.45, 2.75) is 38.1 Å². The van der Waals surface area contributed by atoms with E-state index in [2.05, 4.69) is 10.3 Å². The van der Waals surface area contributed by atoms with Crippen LogP contribution in [0, 0.1) is 0 Å². The van der Waals surface area contributed by atoms with Gasteiger partial charge in [-0.25, -0.2) is 9.97 Å². The van der Waals surface area contributed by atoms with Crippen molar-refractivity contribution in [3.05, 3.63) is 53.1 Å². The molecule has 0 radical (unpaired) electrons. The second kappa shape index (κ2) is 8.05. The van der Waals surface area contributed by atoms with Gasteiger partial charge in [0, 0.05) is 50.2 Å². The van der Waals surface area contributed by atoms with Gasteiger partial charge in [0.2, 0.25) is 5.91 Å². The molecule has 1 saturated heterocycles.